The first-order valence-corrected chi connectivity index (χ1v) is 6.10. The topological polar surface area (TPSA) is 62.0 Å². The zero-order chi connectivity index (χ0) is 13.8. The molecule has 19 heavy (non-hydrogen) atoms. The number of carbonyl (C=O) groups is 2. The van der Waals surface area contributed by atoms with Crippen molar-refractivity contribution in [3.63, 3.8) is 0 Å². The molecule has 1 aromatic heterocycles. The number of rotatable bonds is 4. The molecule has 0 aliphatic carbocycles. The predicted molar refractivity (Wildman–Crippen MR) is 73.2 cm³/mol. The summed E-state index contributed by atoms with van der Waals surface area (Å²) in [4.78, 5) is 26.4. The van der Waals surface area contributed by atoms with Crippen LogP contribution in [0.15, 0.2) is 36.4 Å². The van der Waals surface area contributed by atoms with Crippen LogP contribution in [0.4, 0.5) is 0 Å². The summed E-state index contributed by atoms with van der Waals surface area (Å²) in [6.45, 7) is 1.98. The second-order valence-corrected chi connectivity index (χ2v) is 4.44. The van der Waals surface area contributed by atoms with Gasteiger partial charge in [-0.15, -0.1) is 0 Å². The summed E-state index contributed by atoms with van der Waals surface area (Å²) in [6.07, 6.45) is 0.248. The SMILES string of the molecule is CNC(=O)Cc1ccc(C(=O)c2ccc(C)cc2)[nH]1. The summed E-state index contributed by atoms with van der Waals surface area (Å²) < 4.78 is 0. The van der Waals surface area contributed by atoms with E-state index >= 15 is 0 Å². The lowest BCUT2D eigenvalue weighted by molar-refractivity contribution is -0.120. The molecule has 1 amide bonds. The number of hydrogen-bond acceptors (Lipinski definition) is 2. The molecule has 0 aliphatic rings. The molecule has 0 spiro atoms. The van der Waals surface area contributed by atoms with Gasteiger partial charge in [0.1, 0.15) is 0 Å². The molecule has 0 radical (unpaired) electrons. The zero-order valence-electron chi connectivity index (χ0n) is 11.0. The molecule has 0 bridgehead atoms. The number of carbonyl (C=O) groups excluding carboxylic acids is 2. The number of aromatic nitrogens is 1. The molecule has 0 aliphatic heterocycles. The van der Waals surface area contributed by atoms with Crippen molar-refractivity contribution in [3.8, 4) is 0 Å². The molecule has 4 nitrogen and oxygen atoms in total. The first-order chi connectivity index (χ1) is 9.10. The molecule has 0 atom stereocenters. The van der Waals surface area contributed by atoms with Crippen LogP contribution in [0.2, 0.25) is 0 Å². The van der Waals surface area contributed by atoms with Gasteiger partial charge in [-0.05, 0) is 19.1 Å². The Kier molecular flexibility index (Phi) is 3.80. The van der Waals surface area contributed by atoms with Crippen LogP contribution < -0.4 is 5.32 Å². The van der Waals surface area contributed by atoms with Gasteiger partial charge >= 0.3 is 0 Å². The van der Waals surface area contributed by atoms with Crippen molar-refractivity contribution in [1.82, 2.24) is 10.3 Å². The van der Waals surface area contributed by atoms with E-state index in [1.54, 1.807) is 31.3 Å². The van der Waals surface area contributed by atoms with E-state index in [1.165, 1.54) is 0 Å². The fraction of sp³-hybridized carbons (Fsp3) is 0.200. The summed E-state index contributed by atoms with van der Waals surface area (Å²) >= 11 is 0. The Morgan fingerprint density at radius 2 is 1.79 bits per heavy atom. The standard InChI is InChI=1S/C15H16N2O2/c1-10-3-5-11(6-4-10)15(19)13-8-7-12(17-13)9-14(18)16-2/h3-8,17H,9H2,1-2H3,(H,16,18). The Bertz CT molecular complexity index is 597. The van der Waals surface area contributed by atoms with Gasteiger partial charge in [0.05, 0.1) is 12.1 Å². The first kappa shape index (κ1) is 13.1. The Labute approximate surface area is 111 Å². The van der Waals surface area contributed by atoms with Crippen LogP contribution in [-0.2, 0) is 11.2 Å². The van der Waals surface area contributed by atoms with Gasteiger partial charge in [-0.25, -0.2) is 0 Å². The molecule has 0 fully saturated rings. The van der Waals surface area contributed by atoms with Crippen molar-refractivity contribution < 1.29 is 9.59 Å². The Hall–Kier alpha value is -2.36. The molecule has 2 aromatic rings. The Balaban J connectivity index is 2.16. The van der Waals surface area contributed by atoms with Crippen LogP contribution >= 0.6 is 0 Å². The largest absolute Gasteiger partial charge is 0.359 e. The number of aryl methyl sites for hydroxylation is 1. The molecule has 0 saturated carbocycles. The van der Waals surface area contributed by atoms with Crippen molar-refractivity contribution in [3.05, 3.63) is 58.9 Å². The number of benzene rings is 1. The fourth-order valence-electron chi connectivity index (χ4n) is 1.80. The van der Waals surface area contributed by atoms with Gasteiger partial charge in [0.2, 0.25) is 11.7 Å². The van der Waals surface area contributed by atoms with Gasteiger partial charge in [0.15, 0.2) is 0 Å². The van der Waals surface area contributed by atoms with Gasteiger partial charge < -0.3 is 10.3 Å². The van der Waals surface area contributed by atoms with E-state index in [9.17, 15) is 9.59 Å². The van der Waals surface area contributed by atoms with Crippen LogP contribution in [-0.4, -0.2) is 23.7 Å². The molecule has 1 heterocycles. The lowest BCUT2D eigenvalue weighted by Gasteiger charge is -2.00. The minimum absolute atomic E-state index is 0.0665. The summed E-state index contributed by atoms with van der Waals surface area (Å²) in [7, 11) is 1.59. The number of amides is 1. The lowest BCUT2D eigenvalue weighted by atomic mass is 10.1. The second kappa shape index (κ2) is 5.52. The van der Waals surface area contributed by atoms with Crippen molar-refractivity contribution in [1.29, 1.82) is 0 Å². The number of likely N-dealkylation sites (N-methyl/N-ethyl adjacent to an activating group) is 1. The smallest absolute Gasteiger partial charge is 0.225 e. The van der Waals surface area contributed by atoms with E-state index in [2.05, 4.69) is 10.3 Å². The van der Waals surface area contributed by atoms with Crippen LogP contribution in [0.5, 0.6) is 0 Å². The second-order valence-electron chi connectivity index (χ2n) is 4.44. The van der Waals surface area contributed by atoms with Crippen LogP contribution in [0, 0.1) is 6.92 Å². The lowest BCUT2D eigenvalue weighted by Crippen LogP contribution is -2.20. The van der Waals surface area contributed by atoms with Crippen LogP contribution in [0.25, 0.3) is 0 Å². The maximum Gasteiger partial charge on any atom is 0.225 e. The molecule has 0 unspecified atom stereocenters. The van der Waals surface area contributed by atoms with E-state index in [1.807, 2.05) is 19.1 Å². The molecule has 0 saturated heterocycles. The maximum atomic E-state index is 12.2. The van der Waals surface area contributed by atoms with Crippen LogP contribution in [0.1, 0.15) is 27.3 Å². The molecule has 4 heteroatoms. The minimum atomic E-state index is -0.0869. The minimum Gasteiger partial charge on any atom is -0.359 e. The normalized spacial score (nSPS) is 10.2. The fourth-order valence-corrected chi connectivity index (χ4v) is 1.80. The number of hydrogen-bond donors (Lipinski definition) is 2. The van der Waals surface area contributed by atoms with E-state index in [0.29, 0.717) is 11.3 Å². The molecule has 98 valence electrons. The summed E-state index contributed by atoms with van der Waals surface area (Å²) in [6, 6.07) is 10.9. The average molecular weight is 256 g/mol. The third-order valence-electron chi connectivity index (χ3n) is 2.93. The van der Waals surface area contributed by atoms with Gasteiger partial charge in [-0.1, -0.05) is 29.8 Å². The highest BCUT2D eigenvalue weighted by molar-refractivity contribution is 6.07. The first-order valence-electron chi connectivity index (χ1n) is 6.10. The van der Waals surface area contributed by atoms with E-state index in [-0.39, 0.29) is 18.1 Å². The Morgan fingerprint density at radius 1 is 1.11 bits per heavy atom. The van der Waals surface area contributed by atoms with Crippen molar-refractivity contribution in [2.75, 3.05) is 7.05 Å². The number of ketones is 1. The zero-order valence-corrected chi connectivity index (χ0v) is 11.0. The summed E-state index contributed by atoms with van der Waals surface area (Å²) in [5.41, 5.74) is 2.99. The maximum absolute atomic E-state index is 12.2. The summed E-state index contributed by atoms with van der Waals surface area (Å²) in [5, 5.41) is 2.55. The number of nitrogens with one attached hydrogen (secondary N) is 2. The number of aromatic amines is 1. The summed E-state index contributed by atoms with van der Waals surface area (Å²) in [5.74, 6) is -0.153. The Morgan fingerprint density at radius 3 is 2.42 bits per heavy atom. The molecule has 2 rings (SSSR count). The van der Waals surface area contributed by atoms with Gasteiger partial charge in [0, 0.05) is 18.3 Å². The van der Waals surface area contributed by atoms with Gasteiger partial charge in [-0.2, -0.15) is 0 Å². The molecular weight excluding hydrogens is 240 g/mol. The average Bonchev–Trinajstić information content (AvgIpc) is 2.87. The van der Waals surface area contributed by atoms with E-state index in [0.717, 1.165) is 11.3 Å². The highest BCUT2D eigenvalue weighted by Crippen LogP contribution is 2.11. The number of H-pyrrole nitrogens is 1. The third kappa shape index (κ3) is 3.10. The van der Waals surface area contributed by atoms with Crippen molar-refractivity contribution >= 4 is 11.7 Å². The third-order valence-corrected chi connectivity index (χ3v) is 2.93. The highest BCUT2D eigenvalue weighted by atomic mass is 16.1. The van der Waals surface area contributed by atoms with Crippen molar-refractivity contribution in [2.45, 2.75) is 13.3 Å². The predicted octanol–water partition coefficient (Wildman–Crippen LogP) is 1.84. The van der Waals surface area contributed by atoms with Gasteiger partial charge in [0.25, 0.3) is 0 Å². The van der Waals surface area contributed by atoms with E-state index < -0.39 is 0 Å². The quantitative estimate of drug-likeness (QED) is 0.820. The molecular formula is C15H16N2O2. The van der Waals surface area contributed by atoms with E-state index in [4.69, 9.17) is 0 Å². The van der Waals surface area contributed by atoms with Crippen molar-refractivity contribution in [2.24, 2.45) is 0 Å². The monoisotopic (exact) mass is 256 g/mol. The van der Waals surface area contributed by atoms with Gasteiger partial charge in [-0.3, -0.25) is 9.59 Å². The highest BCUT2D eigenvalue weighted by Gasteiger charge is 2.12. The van der Waals surface area contributed by atoms with Crippen LogP contribution in [0.3, 0.4) is 0 Å². The molecule has 2 N–H and O–H groups in total. The molecule has 1 aromatic carbocycles.